The zero-order chi connectivity index (χ0) is 14.1. The van der Waals surface area contributed by atoms with Gasteiger partial charge in [0, 0.05) is 0 Å². The lowest BCUT2D eigenvalue weighted by molar-refractivity contribution is -0.146. The first-order valence-corrected chi connectivity index (χ1v) is 6.41. The largest absolute Gasteiger partial charge is 0.467 e. The molecule has 106 valence electrons. The highest BCUT2D eigenvalue weighted by Gasteiger charge is 2.60. The molecule has 0 aromatic heterocycles. The van der Waals surface area contributed by atoms with Crippen molar-refractivity contribution in [2.45, 2.75) is 24.9 Å². The number of nitrogens with zero attached hydrogens (tertiary/aromatic N) is 1. The summed E-state index contributed by atoms with van der Waals surface area (Å²) in [4.78, 5) is 25.1. The van der Waals surface area contributed by atoms with Crippen LogP contribution in [0.15, 0.2) is 30.3 Å². The van der Waals surface area contributed by atoms with E-state index in [-0.39, 0.29) is 18.8 Å². The molecule has 1 aromatic rings. The summed E-state index contributed by atoms with van der Waals surface area (Å²) in [6.07, 6.45) is -0.824. The smallest absolute Gasteiger partial charge is 0.411 e. The fourth-order valence-corrected chi connectivity index (χ4v) is 2.44. The Labute approximate surface area is 116 Å². The molecule has 0 spiro atoms. The molecule has 1 aromatic carbocycles. The van der Waals surface area contributed by atoms with Crippen molar-refractivity contribution in [3.05, 3.63) is 35.9 Å². The molecule has 2 fully saturated rings. The third kappa shape index (κ3) is 2.34. The van der Waals surface area contributed by atoms with Crippen molar-refractivity contribution in [3.8, 4) is 0 Å². The molecule has 6 heteroatoms. The molecule has 3 rings (SSSR count). The fraction of sp³-hybridized carbons (Fsp3) is 0.429. The van der Waals surface area contributed by atoms with Crippen LogP contribution in [0.3, 0.4) is 0 Å². The van der Waals surface area contributed by atoms with Gasteiger partial charge in [-0.15, -0.1) is 0 Å². The van der Waals surface area contributed by atoms with E-state index in [4.69, 9.17) is 14.2 Å². The number of likely N-dealkylation sites (tertiary alicyclic amines) is 1. The van der Waals surface area contributed by atoms with Crippen molar-refractivity contribution in [2.75, 3.05) is 13.7 Å². The first-order valence-electron chi connectivity index (χ1n) is 6.41. The number of carbonyl (C=O) groups excluding carboxylic acids is 2. The van der Waals surface area contributed by atoms with Crippen LogP contribution < -0.4 is 0 Å². The molecule has 2 saturated heterocycles. The van der Waals surface area contributed by atoms with Gasteiger partial charge in [-0.25, -0.2) is 9.59 Å². The van der Waals surface area contributed by atoms with E-state index in [0.717, 1.165) is 5.56 Å². The Hall–Kier alpha value is -2.08. The summed E-state index contributed by atoms with van der Waals surface area (Å²) in [5.41, 5.74) is 0.899. The highest BCUT2D eigenvalue weighted by Crippen LogP contribution is 2.37. The van der Waals surface area contributed by atoms with Crippen molar-refractivity contribution in [1.29, 1.82) is 0 Å². The highest BCUT2D eigenvalue weighted by molar-refractivity contribution is 5.83. The number of hydrogen-bond donors (Lipinski definition) is 0. The fourth-order valence-electron chi connectivity index (χ4n) is 2.44. The number of rotatable bonds is 3. The number of esters is 1. The number of fused-ring (bicyclic) bond motifs is 1. The minimum atomic E-state index is -0.687. The molecule has 2 aliphatic heterocycles. The zero-order valence-corrected chi connectivity index (χ0v) is 11.0. The summed E-state index contributed by atoms with van der Waals surface area (Å²) in [6, 6.07) is 8.70. The minimum absolute atomic E-state index is 0.0663. The van der Waals surface area contributed by atoms with Crippen molar-refractivity contribution in [2.24, 2.45) is 0 Å². The SMILES string of the molecule is COC(=O)[C@H]1[C@@H]2O[C@@H]2CN1C(=O)OCc1ccccc1. The van der Waals surface area contributed by atoms with Crippen LogP contribution >= 0.6 is 0 Å². The quantitative estimate of drug-likeness (QED) is 0.607. The molecule has 20 heavy (non-hydrogen) atoms. The van der Waals surface area contributed by atoms with Crippen LogP contribution in [0.4, 0.5) is 4.79 Å². The van der Waals surface area contributed by atoms with Gasteiger partial charge in [0.05, 0.1) is 13.7 Å². The minimum Gasteiger partial charge on any atom is -0.467 e. The normalized spacial score (nSPS) is 26.9. The number of epoxide rings is 1. The van der Waals surface area contributed by atoms with Gasteiger partial charge in [0.1, 0.15) is 18.8 Å². The number of hydrogen-bond acceptors (Lipinski definition) is 5. The van der Waals surface area contributed by atoms with E-state index in [1.807, 2.05) is 30.3 Å². The maximum atomic E-state index is 12.1. The maximum absolute atomic E-state index is 12.1. The van der Waals surface area contributed by atoms with Crippen LogP contribution in [0.2, 0.25) is 0 Å². The van der Waals surface area contributed by atoms with Crippen LogP contribution in [-0.4, -0.2) is 48.9 Å². The lowest BCUT2D eigenvalue weighted by Gasteiger charge is -2.23. The van der Waals surface area contributed by atoms with Crippen molar-refractivity contribution in [1.82, 2.24) is 4.90 Å². The summed E-state index contributed by atoms with van der Waals surface area (Å²) in [5.74, 6) is -0.466. The van der Waals surface area contributed by atoms with Crippen LogP contribution in [0.25, 0.3) is 0 Å². The Kier molecular flexibility index (Phi) is 3.31. The second-order valence-electron chi connectivity index (χ2n) is 4.80. The van der Waals surface area contributed by atoms with Gasteiger partial charge >= 0.3 is 12.1 Å². The first-order chi connectivity index (χ1) is 9.70. The van der Waals surface area contributed by atoms with Gasteiger partial charge in [0.2, 0.25) is 0 Å². The number of benzene rings is 1. The summed E-state index contributed by atoms with van der Waals surface area (Å²) >= 11 is 0. The summed E-state index contributed by atoms with van der Waals surface area (Å²) in [7, 11) is 1.30. The number of carbonyl (C=O) groups is 2. The molecule has 0 aliphatic carbocycles. The van der Waals surface area contributed by atoms with Crippen molar-refractivity contribution < 1.29 is 23.8 Å². The highest BCUT2D eigenvalue weighted by atomic mass is 16.6. The Morgan fingerprint density at radius 1 is 1.35 bits per heavy atom. The molecular weight excluding hydrogens is 262 g/mol. The van der Waals surface area contributed by atoms with Gasteiger partial charge in [0.15, 0.2) is 6.04 Å². The Balaban J connectivity index is 1.61. The average Bonchev–Trinajstić information content (AvgIpc) is 3.15. The van der Waals surface area contributed by atoms with Gasteiger partial charge in [-0.1, -0.05) is 30.3 Å². The lowest BCUT2D eigenvalue weighted by Crippen LogP contribution is -2.45. The van der Waals surface area contributed by atoms with E-state index < -0.39 is 18.1 Å². The van der Waals surface area contributed by atoms with E-state index >= 15 is 0 Å². The zero-order valence-electron chi connectivity index (χ0n) is 11.0. The predicted octanol–water partition coefficient (Wildman–Crippen LogP) is 0.948. The second-order valence-corrected chi connectivity index (χ2v) is 4.80. The summed E-state index contributed by atoms with van der Waals surface area (Å²) < 4.78 is 15.2. The Morgan fingerprint density at radius 2 is 2.10 bits per heavy atom. The monoisotopic (exact) mass is 277 g/mol. The summed E-state index contributed by atoms with van der Waals surface area (Å²) in [6.45, 7) is 0.554. The van der Waals surface area contributed by atoms with E-state index in [0.29, 0.717) is 6.54 Å². The molecular formula is C14H15NO5. The first kappa shape index (κ1) is 12.9. The molecule has 6 nitrogen and oxygen atoms in total. The number of amides is 1. The number of morpholine rings is 1. The predicted molar refractivity (Wildman–Crippen MR) is 67.8 cm³/mol. The van der Waals surface area contributed by atoms with E-state index in [2.05, 4.69) is 0 Å². The van der Waals surface area contributed by atoms with Gasteiger partial charge in [-0.05, 0) is 5.56 Å². The standard InChI is InChI=1S/C14H15NO5/c1-18-13(16)11-12-10(20-12)7-15(11)14(17)19-8-9-5-3-2-4-6-9/h2-6,10-12H,7-8H2,1H3/t10-,11-,12-/m1/s1. The number of methoxy groups -OCH3 is 1. The maximum Gasteiger partial charge on any atom is 0.411 e. The molecule has 2 aliphatic rings. The lowest BCUT2D eigenvalue weighted by atomic mass is 10.2. The van der Waals surface area contributed by atoms with E-state index in [9.17, 15) is 9.59 Å². The third-order valence-electron chi connectivity index (χ3n) is 3.53. The van der Waals surface area contributed by atoms with Crippen molar-refractivity contribution >= 4 is 12.1 Å². The molecule has 0 radical (unpaired) electrons. The van der Waals surface area contributed by atoms with Gasteiger partial charge in [-0.3, -0.25) is 4.90 Å². The molecule has 0 saturated carbocycles. The molecule has 3 atom stereocenters. The average molecular weight is 277 g/mol. The van der Waals surface area contributed by atoms with Crippen LogP contribution in [0.1, 0.15) is 5.56 Å². The molecule has 0 unspecified atom stereocenters. The van der Waals surface area contributed by atoms with Crippen LogP contribution in [0, 0.1) is 0 Å². The molecule has 2 heterocycles. The second kappa shape index (κ2) is 5.13. The molecule has 0 N–H and O–H groups in total. The Morgan fingerprint density at radius 3 is 2.80 bits per heavy atom. The Bertz CT molecular complexity index is 518. The van der Waals surface area contributed by atoms with Gasteiger partial charge in [0.25, 0.3) is 0 Å². The topological polar surface area (TPSA) is 68.4 Å². The number of ether oxygens (including phenoxy) is 3. The van der Waals surface area contributed by atoms with Crippen LogP contribution in [0.5, 0.6) is 0 Å². The molecule has 0 bridgehead atoms. The van der Waals surface area contributed by atoms with E-state index in [1.54, 1.807) is 0 Å². The van der Waals surface area contributed by atoms with Crippen molar-refractivity contribution in [3.63, 3.8) is 0 Å². The van der Waals surface area contributed by atoms with Gasteiger partial charge in [-0.2, -0.15) is 0 Å². The summed E-state index contributed by atoms with van der Waals surface area (Å²) in [5, 5.41) is 0. The molecule has 1 amide bonds. The van der Waals surface area contributed by atoms with Crippen LogP contribution in [-0.2, 0) is 25.6 Å². The third-order valence-corrected chi connectivity index (χ3v) is 3.53. The van der Waals surface area contributed by atoms with Gasteiger partial charge < -0.3 is 14.2 Å². The van der Waals surface area contributed by atoms with E-state index in [1.165, 1.54) is 12.0 Å².